The lowest BCUT2D eigenvalue weighted by atomic mass is 9.99. The average molecular weight is 211 g/mol. The van der Waals surface area contributed by atoms with Crippen LogP contribution in [0.4, 0.5) is 0 Å². The van der Waals surface area contributed by atoms with E-state index in [1.807, 2.05) is 0 Å². The van der Waals surface area contributed by atoms with Crippen molar-refractivity contribution in [3.63, 3.8) is 0 Å². The van der Waals surface area contributed by atoms with Gasteiger partial charge in [-0.15, -0.1) is 11.3 Å². The van der Waals surface area contributed by atoms with Gasteiger partial charge in [-0.05, 0) is 50.3 Å². The number of hydrogen-bond donors (Lipinski definition) is 2. The first kappa shape index (κ1) is 10.1. The lowest BCUT2D eigenvalue weighted by Crippen LogP contribution is -2.05. The molecular formula is C11H17NOS. The second-order valence-corrected chi connectivity index (χ2v) is 5.07. The normalized spacial score (nSPS) is 17.9. The Morgan fingerprint density at radius 2 is 2.21 bits per heavy atom. The highest BCUT2D eigenvalue weighted by atomic mass is 32.1. The van der Waals surface area contributed by atoms with Gasteiger partial charge in [-0.25, -0.2) is 0 Å². The Balaban J connectivity index is 2.15. The zero-order valence-electron chi connectivity index (χ0n) is 8.33. The molecule has 3 N–H and O–H groups in total. The van der Waals surface area contributed by atoms with Crippen molar-refractivity contribution < 1.29 is 5.11 Å². The van der Waals surface area contributed by atoms with Crippen LogP contribution in [-0.2, 0) is 12.8 Å². The van der Waals surface area contributed by atoms with E-state index in [0.29, 0.717) is 13.0 Å². The highest BCUT2D eigenvalue weighted by Gasteiger charge is 2.16. The Kier molecular flexibility index (Phi) is 3.21. The van der Waals surface area contributed by atoms with Crippen LogP contribution in [0.2, 0.25) is 0 Å². The van der Waals surface area contributed by atoms with Crippen molar-refractivity contribution in [2.75, 3.05) is 6.54 Å². The monoisotopic (exact) mass is 211 g/mol. The molecule has 0 spiro atoms. The van der Waals surface area contributed by atoms with Gasteiger partial charge in [0.1, 0.15) is 0 Å². The fourth-order valence-electron chi connectivity index (χ4n) is 1.98. The molecule has 1 atom stereocenters. The Labute approximate surface area is 88.8 Å². The Morgan fingerprint density at radius 1 is 1.43 bits per heavy atom. The first-order chi connectivity index (χ1) is 6.81. The number of rotatable bonds is 3. The molecule has 0 saturated heterocycles. The maximum Gasteiger partial charge on any atom is 0.0894 e. The molecule has 2 rings (SSSR count). The molecule has 3 heteroatoms. The molecule has 0 fully saturated rings. The second kappa shape index (κ2) is 4.43. The molecule has 14 heavy (non-hydrogen) atoms. The van der Waals surface area contributed by atoms with Crippen LogP contribution in [0.1, 0.15) is 40.7 Å². The summed E-state index contributed by atoms with van der Waals surface area (Å²) in [5.74, 6) is 0. The summed E-state index contributed by atoms with van der Waals surface area (Å²) < 4.78 is 0. The van der Waals surface area contributed by atoms with Crippen molar-refractivity contribution in [3.05, 3.63) is 21.4 Å². The van der Waals surface area contributed by atoms with E-state index in [4.69, 9.17) is 5.73 Å². The second-order valence-electron chi connectivity index (χ2n) is 3.90. The molecule has 78 valence electrons. The lowest BCUT2D eigenvalue weighted by Gasteiger charge is -2.08. The van der Waals surface area contributed by atoms with Gasteiger partial charge in [-0.2, -0.15) is 0 Å². The number of thiophene rings is 1. The van der Waals surface area contributed by atoms with E-state index >= 15 is 0 Å². The molecule has 1 unspecified atom stereocenters. The van der Waals surface area contributed by atoms with Crippen molar-refractivity contribution in [2.24, 2.45) is 5.73 Å². The largest absolute Gasteiger partial charge is 0.388 e. The first-order valence-electron chi connectivity index (χ1n) is 5.31. The summed E-state index contributed by atoms with van der Waals surface area (Å²) in [6, 6.07) is 2.18. The summed E-state index contributed by atoms with van der Waals surface area (Å²) in [6.45, 7) is 0.559. The summed E-state index contributed by atoms with van der Waals surface area (Å²) in [5.41, 5.74) is 6.90. The fraction of sp³-hybridized carbons (Fsp3) is 0.636. The maximum atomic E-state index is 9.80. The van der Waals surface area contributed by atoms with E-state index in [-0.39, 0.29) is 6.10 Å². The van der Waals surface area contributed by atoms with Crippen LogP contribution in [0, 0.1) is 0 Å². The predicted octanol–water partition coefficient (Wildman–Crippen LogP) is 2.01. The van der Waals surface area contributed by atoms with E-state index < -0.39 is 0 Å². The molecule has 1 aliphatic rings. The highest BCUT2D eigenvalue weighted by Crippen LogP contribution is 2.33. The molecule has 0 aromatic carbocycles. The minimum absolute atomic E-state index is 0.337. The van der Waals surface area contributed by atoms with Crippen molar-refractivity contribution in [3.8, 4) is 0 Å². The van der Waals surface area contributed by atoms with Gasteiger partial charge in [0.2, 0.25) is 0 Å². The molecule has 1 aromatic heterocycles. The Hall–Kier alpha value is -0.380. The SMILES string of the molecule is NCCC(O)c1cc2c(s1)CCCC2. The number of aryl methyl sites for hydroxylation is 2. The third-order valence-corrected chi connectivity index (χ3v) is 4.12. The Bertz CT molecular complexity index is 285. The van der Waals surface area contributed by atoms with Crippen LogP contribution in [-0.4, -0.2) is 11.7 Å². The molecule has 0 bridgehead atoms. The minimum atomic E-state index is -0.337. The van der Waals surface area contributed by atoms with E-state index in [9.17, 15) is 5.11 Å². The third kappa shape index (κ3) is 2.00. The zero-order valence-corrected chi connectivity index (χ0v) is 9.15. The summed E-state index contributed by atoms with van der Waals surface area (Å²) in [4.78, 5) is 2.60. The van der Waals surface area contributed by atoms with Crippen molar-refractivity contribution in [2.45, 2.75) is 38.2 Å². The molecular weight excluding hydrogens is 194 g/mol. The van der Waals surface area contributed by atoms with Crippen LogP contribution in [0.3, 0.4) is 0 Å². The lowest BCUT2D eigenvalue weighted by molar-refractivity contribution is 0.174. The van der Waals surface area contributed by atoms with Gasteiger partial charge in [-0.3, -0.25) is 0 Å². The van der Waals surface area contributed by atoms with Crippen LogP contribution < -0.4 is 5.73 Å². The van der Waals surface area contributed by atoms with Gasteiger partial charge in [-0.1, -0.05) is 0 Å². The summed E-state index contributed by atoms with van der Waals surface area (Å²) in [6.07, 6.45) is 5.35. The average Bonchev–Trinajstić information content (AvgIpc) is 2.61. The topological polar surface area (TPSA) is 46.2 Å². The molecule has 1 heterocycles. The van der Waals surface area contributed by atoms with Gasteiger partial charge in [0, 0.05) is 9.75 Å². The van der Waals surface area contributed by atoms with Crippen molar-refractivity contribution in [1.82, 2.24) is 0 Å². The fourth-order valence-corrected chi connectivity index (χ4v) is 3.26. The van der Waals surface area contributed by atoms with E-state index in [2.05, 4.69) is 6.07 Å². The Morgan fingerprint density at radius 3 is 2.93 bits per heavy atom. The molecule has 1 aromatic rings. The van der Waals surface area contributed by atoms with Crippen LogP contribution in [0.5, 0.6) is 0 Å². The quantitative estimate of drug-likeness (QED) is 0.803. The predicted molar refractivity (Wildman–Crippen MR) is 59.6 cm³/mol. The van der Waals surface area contributed by atoms with Crippen LogP contribution >= 0.6 is 11.3 Å². The third-order valence-electron chi connectivity index (χ3n) is 2.78. The molecule has 0 aliphatic heterocycles. The smallest absolute Gasteiger partial charge is 0.0894 e. The molecule has 2 nitrogen and oxygen atoms in total. The molecule has 0 saturated carbocycles. The van der Waals surface area contributed by atoms with E-state index in [1.54, 1.807) is 11.3 Å². The molecule has 0 amide bonds. The number of hydrogen-bond acceptors (Lipinski definition) is 3. The van der Waals surface area contributed by atoms with Crippen LogP contribution in [0.25, 0.3) is 0 Å². The van der Waals surface area contributed by atoms with Gasteiger partial charge in [0.05, 0.1) is 6.10 Å². The standard InChI is InChI=1S/C11H17NOS/c12-6-5-9(13)11-7-8-3-1-2-4-10(8)14-11/h7,9,13H,1-6,12H2. The summed E-state index contributed by atoms with van der Waals surface area (Å²) in [5, 5.41) is 9.80. The van der Waals surface area contributed by atoms with Gasteiger partial charge in [0.25, 0.3) is 0 Å². The number of aliphatic hydroxyl groups is 1. The van der Waals surface area contributed by atoms with Gasteiger partial charge >= 0.3 is 0 Å². The maximum absolute atomic E-state index is 9.80. The number of aliphatic hydroxyl groups excluding tert-OH is 1. The molecule has 0 radical (unpaired) electrons. The number of nitrogens with two attached hydrogens (primary N) is 1. The number of fused-ring (bicyclic) bond motifs is 1. The van der Waals surface area contributed by atoms with Crippen molar-refractivity contribution >= 4 is 11.3 Å². The van der Waals surface area contributed by atoms with E-state index in [1.165, 1.54) is 36.1 Å². The van der Waals surface area contributed by atoms with E-state index in [0.717, 1.165) is 4.88 Å². The summed E-state index contributed by atoms with van der Waals surface area (Å²) >= 11 is 1.78. The minimum Gasteiger partial charge on any atom is -0.388 e. The highest BCUT2D eigenvalue weighted by molar-refractivity contribution is 7.12. The van der Waals surface area contributed by atoms with Crippen LogP contribution in [0.15, 0.2) is 6.07 Å². The van der Waals surface area contributed by atoms with Crippen molar-refractivity contribution in [1.29, 1.82) is 0 Å². The van der Waals surface area contributed by atoms with Gasteiger partial charge in [0.15, 0.2) is 0 Å². The van der Waals surface area contributed by atoms with Gasteiger partial charge < -0.3 is 10.8 Å². The first-order valence-corrected chi connectivity index (χ1v) is 6.12. The molecule has 1 aliphatic carbocycles. The zero-order chi connectivity index (χ0) is 9.97. The summed E-state index contributed by atoms with van der Waals surface area (Å²) in [7, 11) is 0.